The first-order valence-corrected chi connectivity index (χ1v) is 6.25. The largest absolute Gasteiger partial charge is 0.390 e. The molecule has 2 atom stereocenters. The van der Waals surface area contributed by atoms with Crippen molar-refractivity contribution in [3.05, 3.63) is 34.5 Å². The Morgan fingerprint density at radius 1 is 1.56 bits per heavy atom. The van der Waals surface area contributed by atoms with Crippen LogP contribution in [0.1, 0.15) is 17.7 Å². The Morgan fingerprint density at radius 3 is 3.25 bits per heavy atom. The van der Waals surface area contributed by atoms with Crippen LogP contribution in [0.4, 0.5) is 0 Å². The van der Waals surface area contributed by atoms with Gasteiger partial charge in [0, 0.05) is 6.61 Å². The summed E-state index contributed by atoms with van der Waals surface area (Å²) < 4.78 is 5.43. The molecule has 0 amide bonds. The molecule has 0 aliphatic carbocycles. The summed E-state index contributed by atoms with van der Waals surface area (Å²) in [7, 11) is 0. The molecule has 0 aromatic carbocycles. The Morgan fingerprint density at radius 2 is 2.50 bits per heavy atom. The van der Waals surface area contributed by atoms with Gasteiger partial charge >= 0.3 is 0 Å². The molecule has 1 fully saturated rings. The molecule has 3 heteroatoms. The van der Waals surface area contributed by atoms with Gasteiger partial charge in [0.05, 0.1) is 11.0 Å². The van der Waals surface area contributed by atoms with Crippen molar-refractivity contribution in [2.75, 3.05) is 6.61 Å². The van der Waals surface area contributed by atoms with E-state index in [-0.39, 0.29) is 12.2 Å². The molecule has 2 nitrogen and oxygen atoms in total. The second-order valence-electron chi connectivity index (χ2n) is 3.65. The summed E-state index contributed by atoms with van der Waals surface area (Å²) in [4.78, 5) is 1.05. The zero-order valence-electron chi connectivity index (χ0n) is 8.93. The molecule has 0 bridgehead atoms. The van der Waals surface area contributed by atoms with E-state index in [0.717, 1.165) is 24.3 Å². The molecule has 1 aromatic rings. The van der Waals surface area contributed by atoms with Crippen molar-refractivity contribution in [1.29, 1.82) is 0 Å². The van der Waals surface area contributed by atoms with Gasteiger partial charge in [0.2, 0.25) is 0 Å². The van der Waals surface area contributed by atoms with E-state index in [9.17, 15) is 5.11 Å². The fourth-order valence-corrected chi connectivity index (χ4v) is 2.16. The van der Waals surface area contributed by atoms with Gasteiger partial charge in [0.25, 0.3) is 0 Å². The monoisotopic (exact) mass is 234 g/mol. The summed E-state index contributed by atoms with van der Waals surface area (Å²) in [5, 5.41) is 11.6. The van der Waals surface area contributed by atoms with Crippen LogP contribution in [0, 0.1) is 11.8 Å². The minimum Gasteiger partial charge on any atom is -0.390 e. The van der Waals surface area contributed by atoms with Gasteiger partial charge in [-0.25, -0.2) is 0 Å². The first kappa shape index (κ1) is 11.4. The van der Waals surface area contributed by atoms with Gasteiger partial charge in [-0.15, -0.1) is 11.3 Å². The molecular weight excluding hydrogens is 220 g/mol. The standard InChI is InChI=1S/C13H14O2S/c14-12-7-3-9-15-13(12)8-2-1-5-11-6-4-10-16-11/h2,4,6,8,10,12-14H,3,7,9H2/b8-2+/t12-,13+/m1/s1. The second kappa shape index (κ2) is 5.86. The zero-order valence-corrected chi connectivity index (χ0v) is 9.74. The molecule has 0 unspecified atom stereocenters. The molecule has 1 aliphatic rings. The number of ether oxygens (including phenoxy) is 1. The molecule has 0 spiro atoms. The summed E-state index contributed by atoms with van der Waals surface area (Å²) in [6.45, 7) is 0.727. The second-order valence-corrected chi connectivity index (χ2v) is 4.60. The molecule has 2 rings (SSSR count). The Bertz CT molecular complexity index is 397. The van der Waals surface area contributed by atoms with Crippen LogP contribution in [-0.4, -0.2) is 23.9 Å². The van der Waals surface area contributed by atoms with Crippen LogP contribution in [0.5, 0.6) is 0 Å². The number of aliphatic hydroxyl groups is 1. The van der Waals surface area contributed by atoms with Crippen molar-refractivity contribution in [3.8, 4) is 11.8 Å². The van der Waals surface area contributed by atoms with Gasteiger partial charge in [-0.2, -0.15) is 0 Å². The van der Waals surface area contributed by atoms with E-state index in [1.54, 1.807) is 17.4 Å². The normalized spacial score (nSPS) is 25.3. The van der Waals surface area contributed by atoms with E-state index in [1.165, 1.54) is 0 Å². The third-order valence-corrected chi connectivity index (χ3v) is 3.20. The van der Waals surface area contributed by atoms with Crippen LogP contribution < -0.4 is 0 Å². The fraction of sp³-hybridized carbons (Fsp3) is 0.385. The molecular formula is C13H14O2S. The molecule has 1 aromatic heterocycles. The van der Waals surface area contributed by atoms with Crippen LogP contribution >= 0.6 is 11.3 Å². The predicted octanol–water partition coefficient (Wildman–Crippen LogP) is 2.20. The van der Waals surface area contributed by atoms with Crippen molar-refractivity contribution in [1.82, 2.24) is 0 Å². The average molecular weight is 234 g/mol. The maximum Gasteiger partial charge on any atom is 0.102 e. The van der Waals surface area contributed by atoms with Crippen molar-refractivity contribution in [2.45, 2.75) is 25.0 Å². The molecule has 0 radical (unpaired) electrons. The van der Waals surface area contributed by atoms with Crippen LogP contribution in [0.3, 0.4) is 0 Å². The Labute approximate surface area is 99.6 Å². The van der Waals surface area contributed by atoms with Gasteiger partial charge in [-0.05, 0) is 36.4 Å². The topological polar surface area (TPSA) is 29.5 Å². The molecule has 16 heavy (non-hydrogen) atoms. The number of aliphatic hydroxyl groups excluding tert-OH is 1. The Hall–Kier alpha value is -1.08. The van der Waals surface area contributed by atoms with E-state index in [4.69, 9.17) is 4.74 Å². The number of allylic oxidation sites excluding steroid dienone is 1. The fourth-order valence-electron chi connectivity index (χ4n) is 1.58. The molecule has 2 heterocycles. The highest BCUT2D eigenvalue weighted by Gasteiger charge is 2.20. The first-order valence-electron chi connectivity index (χ1n) is 5.37. The maximum absolute atomic E-state index is 9.63. The van der Waals surface area contributed by atoms with Crippen LogP contribution in [0.25, 0.3) is 0 Å². The highest BCUT2D eigenvalue weighted by atomic mass is 32.1. The van der Waals surface area contributed by atoms with E-state index in [1.807, 2.05) is 23.6 Å². The lowest BCUT2D eigenvalue weighted by molar-refractivity contribution is -0.0483. The summed E-state index contributed by atoms with van der Waals surface area (Å²) in [5.74, 6) is 5.97. The molecule has 1 aliphatic heterocycles. The maximum atomic E-state index is 9.63. The lowest BCUT2D eigenvalue weighted by atomic mass is 10.1. The molecule has 0 saturated carbocycles. The van der Waals surface area contributed by atoms with Crippen LogP contribution in [0.2, 0.25) is 0 Å². The van der Waals surface area contributed by atoms with E-state index >= 15 is 0 Å². The minimum absolute atomic E-state index is 0.189. The predicted molar refractivity (Wildman–Crippen MR) is 65.3 cm³/mol. The highest BCUT2D eigenvalue weighted by Crippen LogP contribution is 2.14. The van der Waals surface area contributed by atoms with Gasteiger partial charge in [-0.3, -0.25) is 0 Å². The van der Waals surface area contributed by atoms with E-state index < -0.39 is 0 Å². The smallest absolute Gasteiger partial charge is 0.102 e. The average Bonchev–Trinajstić information content (AvgIpc) is 2.79. The number of rotatable bonds is 1. The third-order valence-electron chi connectivity index (χ3n) is 2.42. The quantitative estimate of drug-likeness (QED) is 0.755. The van der Waals surface area contributed by atoms with Gasteiger partial charge in [0.1, 0.15) is 6.10 Å². The van der Waals surface area contributed by atoms with E-state index in [0.29, 0.717) is 0 Å². The van der Waals surface area contributed by atoms with Crippen LogP contribution in [0.15, 0.2) is 29.7 Å². The SMILES string of the molecule is O[C@@H]1CCCO[C@H]1/C=C/C#Cc1cccs1. The number of thiophene rings is 1. The zero-order chi connectivity index (χ0) is 11.2. The lowest BCUT2D eigenvalue weighted by Gasteiger charge is -2.25. The summed E-state index contributed by atoms with van der Waals surface area (Å²) in [6.07, 6.45) is 4.78. The van der Waals surface area contributed by atoms with Crippen LogP contribution in [-0.2, 0) is 4.74 Å². The first-order chi connectivity index (χ1) is 7.86. The minimum atomic E-state index is -0.381. The molecule has 1 N–H and O–H groups in total. The lowest BCUT2D eigenvalue weighted by Crippen LogP contribution is -2.32. The number of hydrogen-bond donors (Lipinski definition) is 1. The van der Waals surface area contributed by atoms with Gasteiger partial charge in [-0.1, -0.05) is 17.9 Å². The van der Waals surface area contributed by atoms with Gasteiger partial charge in [0.15, 0.2) is 0 Å². The van der Waals surface area contributed by atoms with Crippen molar-refractivity contribution < 1.29 is 9.84 Å². The number of hydrogen-bond acceptors (Lipinski definition) is 3. The summed E-state index contributed by atoms with van der Waals surface area (Å²) >= 11 is 1.62. The third kappa shape index (κ3) is 3.21. The Kier molecular flexibility index (Phi) is 4.17. The Balaban J connectivity index is 1.89. The van der Waals surface area contributed by atoms with Crippen molar-refractivity contribution in [2.24, 2.45) is 0 Å². The molecule has 1 saturated heterocycles. The van der Waals surface area contributed by atoms with Crippen molar-refractivity contribution >= 4 is 11.3 Å². The highest BCUT2D eigenvalue weighted by molar-refractivity contribution is 7.10. The molecule has 84 valence electrons. The van der Waals surface area contributed by atoms with Crippen molar-refractivity contribution in [3.63, 3.8) is 0 Å². The van der Waals surface area contributed by atoms with Gasteiger partial charge < -0.3 is 9.84 Å². The van der Waals surface area contributed by atoms with E-state index in [2.05, 4.69) is 11.8 Å². The summed E-state index contributed by atoms with van der Waals surface area (Å²) in [6, 6.07) is 3.96. The summed E-state index contributed by atoms with van der Waals surface area (Å²) in [5.41, 5.74) is 0.